The molecule has 0 saturated carbocycles. The van der Waals surface area contributed by atoms with Crippen molar-refractivity contribution in [1.29, 1.82) is 0 Å². The van der Waals surface area contributed by atoms with Gasteiger partial charge in [0.2, 0.25) is 0 Å². The number of hydrogen-bond acceptors (Lipinski definition) is 6. The van der Waals surface area contributed by atoms with Crippen LogP contribution in [0.2, 0.25) is 0 Å². The van der Waals surface area contributed by atoms with Crippen LogP contribution in [-0.2, 0) is 9.47 Å². The molecule has 0 aliphatic carbocycles. The molecule has 1 aromatic rings. The first-order chi connectivity index (χ1) is 8.70. The van der Waals surface area contributed by atoms with Gasteiger partial charge < -0.3 is 20.5 Å². The van der Waals surface area contributed by atoms with Crippen LogP contribution in [0.15, 0.2) is 24.4 Å². The Morgan fingerprint density at radius 2 is 2.44 bits per heavy atom. The molecule has 0 amide bonds. The number of esters is 1. The van der Waals surface area contributed by atoms with Crippen LogP contribution in [0.1, 0.15) is 16.9 Å². The molecule has 0 spiro atoms. The first-order valence-corrected chi connectivity index (χ1v) is 5.60. The third-order valence-electron chi connectivity index (χ3n) is 2.59. The Morgan fingerprint density at radius 1 is 1.67 bits per heavy atom. The minimum absolute atomic E-state index is 0.155. The first-order valence-electron chi connectivity index (χ1n) is 5.60. The molecule has 2 heterocycles. The molecule has 1 aliphatic heterocycles. The van der Waals surface area contributed by atoms with Crippen LogP contribution in [0, 0.1) is 0 Å². The Labute approximate surface area is 105 Å². The van der Waals surface area contributed by atoms with Gasteiger partial charge in [0.25, 0.3) is 0 Å². The second-order valence-electron chi connectivity index (χ2n) is 3.83. The summed E-state index contributed by atoms with van der Waals surface area (Å²) in [4.78, 5) is 15.4. The van der Waals surface area contributed by atoms with E-state index in [0.717, 1.165) is 13.0 Å². The Balaban J connectivity index is 2.05. The number of rotatable bonds is 4. The van der Waals surface area contributed by atoms with Crippen molar-refractivity contribution in [2.75, 3.05) is 24.8 Å². The third-order valence-corrected chi connectivity index (χ3v) is 2.59. The number of ether oxygens (including phenoxy) is 2. The summed E-state index contributed by atoms with van der Waals surface area (Å²) in [5, 5.41) is 2.93. The number of methoxy groups -OCH3 is 1. The topological polar surface area (TPSA) is 86.5 Å². The molecule has 96 valence electrons. The van der Waals surface area contributed by atoms with Gasteiger partial charge in [-0.2, -0.15) is 0 Å². The van der Waals surface area contributed by atoms with Gasteiger partial charge in [-0.25, -0.2) is 9.78 Å². The number of nitrogen functional groups attached to an aromatic ring is 1. The van der Waals surface area contributed by atoms with Gasteiger partial charge in [-0.05, 0) is 18.2 Å². The van der Waals surface area contributed by atoms with Crippen molar-refractivity contribution in [3.63, 3.8) is 0 Å². The Kier molecular flexibility index (Phi) is 3.78. The molecule has 0 radical (unpaired) electrons. The molecule has 6 heteroatoms. The van der Waals surface area contributed by atoms with E-state index in [4.69, 9.17) is 10.5 Å². The third kappa shape index (κ3) is 2.78. The maximum atomic E-state index is 11.3. The lowest BCUT2D eigenvalue weighted by atomic mass is 10.2. The van der Waals surface area contributed by atoms with E-state index in [0.29, 0.717) is 11.5 Å². The van der Waals surface area contributed by atoms with Gasteiger partial charge in [0.05, 0.1) is 25.5 Å². The standard InChI is InChI=1S/C12H15N3O3/c1-17-12(16)10-3-2-9(13)11(15-10)14-6-4-8-5-7-18-8/h2-4,6,8H,5,7,13H2,1H3,(H,14,15)/b6-4+. The minimum atomic E-state index is -0.496. The van der Waals surface area contributed by atoms with Crippen LogP contribution < -0.4 is 11.1 Å². The quantitative estimate of drug-likeness (QED) is 0.779. The van der Waals surface area contributed by atoms with Crippen molar-refractivity contribution >= 4 is 17.5 Å². The first kappa shape index (κ1) is 12.4. The molecule has 1 unspecified atom stereocenters. The highest BCUT2D eigenvalue weighted by Crippen LogP contribution is 2.17. The monoisotopic (exact) mass is 249 g/mol. The van der Waals surface area contributed by atoms with E-state index in [1.54, 1.807) is 12.3 Å². The second-order valence-corrected chi connectivity index (χ2v) is 3.83. The highest BCUT2D eigenvalue weighted by atomic mass is 16.5. The van der Waals surface area contributed by atoms with Gasteiger partial charge in [0.1, 0.15) is 0 Å². The summed E-state index contributed by atoms with van der Waals surface area (Å²) in [7, 11) is 1.31. The molecule has 1 fully saturated rings. The van der Waals surface area contributed by atoms with Crippen molar-refractivity contribution in [2.24, 2.45) is 0 Å². The van der Waals surface area contributed by atoms with Crippen molar-refractivity contribution in [2.45, 2.75) is 12.5 Å². The smallest absolute Gasteiger partial charge is 0.356 e. The summed E-state index contributed by atoms with van der Waals surface area (Å²) in [6, 6.07) is 3.13. The molecular weight excluding hydrogens is 234 g/mol. The molecule has 6 nitrogen and oxygen atoms in total. The predicted octanol–water partition coefficient (Wildman–Crippen LogP) is 1.16. The zero-order valence-electron chi connectivity index (χ0n) is 10.1. The normalized spacial score (nSPS) is 18.4. The SMILES string of the molecule is COC(=O)c1ccc(N)c(N/C=C/C2CCO2)n1. The van der Waals surface area contributed by atoms with Crippen molar-refractivity contribution < 1.29 is 14.3 Å². The maximum absolute atomic E-state index is 11.3. The fraction of sp³-hybridized carbons (Fsp3) is 0.333. The molecular formula is C12H15N3O3. The number of nitrogens with two attached hydrogens (primary N) is 1. The van der Waals surface area contributed by atoms with E-state index in [1.165, 1.54) is 13.2 Å². The summed E-state index contributed by atoms with van der Waals surface area (Å²) < 4.78 is 9.82. The highest BCUT2D eigenvalue weighted by molar-refractivity contribution is 5.88. The lowest BCUT2D eigenvalue weighted by Gasteiger charge is -2.22. The number of aromatic nitrogens is 1. The lowest BCUT2D eigenvalue weighted by molar-refractivity contribution is -0.0185. The summed E-state index contributed by atoms with van der Waals surface area (Å²) in [6.07, 6.45) is 4.77. The minimum Gasteiger partial charge on any atom is -0.464 e. The van der Waals surface area contributed by atoms with Crippen LogP contribution in [0.3, 0.4) is 0 Å². The summed E-state index contributed by atoms with van der Waals surface area (Å²) in [5.41, 5.74) is 6.42. The highest BCUT2D eigenvalue weighted by Gasteiger charge is 2.14. The largest absolute Gasteiger partial charge is 0.464 e. The number of nitrogens with zero attached hydrogens (tertiary/aromatic N) is 1. The van der Waals surface area contributed by atoms with Crippen LogP contribution in [0.4, 0.5) is 11.5 Å². The number of carbonyl (C=O) groups is 1. The lowest BCUT2D eigenvalue weighted by Crippen LogP contribution is -2.24. The van der Waals surface area contributed by atoms with Gasteiger partial charge in [0, 0.05) is 12.6 Å². The van der Waals surface area contributed by atoms with Crippen LogP contribution in [0.5, 0.6) is 0 Å². The molecule has 1 atom stereocenters. The average Bonchev–Trinajstić information content (AvgIpc) is 2.33. The van der Waals surface area contributed by atoms with Crippen molar-refractivity contribution in [3.05, 3.63) is 30.1 Å². The van der Waals surface area contributed by atoms with Gasteiger partial charge in [-0.1, -0.05) is 0 Å². The van der Waals surface area contributed by atoms with Crippen LogP contribution in [-0.4, -0.2) is 30.8 Å². The number of nitrogens with one attached hydrogen (secondary N) is 1. The Bertz CT molecular complexity index is 470. The Hall–Kier alpha value is -2.08. The molecule has 0 aromatic carbocycles. The van der Waals surface area contributed by atoms with E-state index in [-0.39, 0.29) is 11.8 Å². The molecule has 18 heavy (non-hydrogen) atoms. The Morgan fingerprint density at radius 3 is 3.06 bits per heavy atom. The molecule has 1 aromatic heterocycles. The zero-order valence-corrected chi connectivity index (χ0v) is 10.1. The molecule has 2 rings (SSSR count). The zero-order chi connectivity index (χ0) is 13.0. The molecule has 3 N–H and O–H groups in total. The molecule has 0 bridgehead atoms. The van der Waals surface area contributed by atoms with E-state index in [2.05, 4.69) is 15.0 Å². The fourth-order valence-corrected chi connectivity index (χ4v) is 1.44. The number of pyridine rings is 1. The second kappa shape index (κ2) is 5.50. The fourth-order valence-electron chi connectivity index (χ4n) is 1.44. The number of hydrogen-bond donors (Lipinski definition) is 2. The van der Waals surface area contributed by atoms with Crippen LogP contribution >= 0.6 is 0 Å². The summed E-state index contributed by atoms with van der Waals surface area (Å²) >= 11 is 0. The van der Waals surface area contributed by atoms with Crippen LogP contribution in [0.25, 0.3) is 0 Å². The van der Waals surface area contributed by atoms with Crippen molar-refractivity contribution in [3.8, 4) is 0 Å². The van der Waals surface area contributed by atoms with Crippen molar-refractivity contribution in [1.82, 2.24) is 4.98 Å². The van der Waals surface area contributed by atoms with E-state index < -0.39 is 5.97 Å². The number of anilines is 2. The summed E-state index contributed by atoms with van der Waals surface area (Å²) in [6.45, 7) is 0.799. The van der Waals surface area contributed by atoms with E-state index in [9.17, 15) is 4.79 Å². The maximum Gasteiger partial charge on any atom is 0.356 e. The molecule has 1 aliphatic rings. The van der Waals surface area contributed by atoms with Gasteiger partial charge in [-0.15, -0.1) is 0 Å². The molecule has 1 saturated heterocycles. The van der Waals surface area contributed by atoms with Gasteiger partial charge in [-0.3, -0.25) is 0 Å². The van der Waals surface area contributed by atoms with Gasteiger partial charge in [0.15, 0.2) is 11.5 Å². The number of carbonyl (C=O) groups excluding carboxylic acids is 1. The predicted molar refractivity (Wildman–Crippen MR) is 67.1 cm³/mol. The average molecular weight is 249 g/mol. The van der Waals surface area contributed by atoms with Gasteiger partial charge >= 0.3 is 5.97 Å². The van der Waals surface area contributed by atoms with E-state index >= 15 is 0 Å². The van der Waals surface area contributed by atoms with E-state index in [1.807, 2.05) is 6.08 Å². The summed E-state index contributed by atoms with van der Waals surface area (Å²) in [5.74, 6) is -0.0715.